The highest BCUT2D eigenvalue weighted by molar-refractivity contribution is 6.66. The summed E-state index contributed by atoms with van der Waals surface area (Å²) in [5.41, 5.74) is 1.67. The highest BCUT2D eigenvalue weighted by Crippen LogP contribution is 2.10. The maximum Gasteiger partial charge on any atom is 0.528 e. The van der Waals surface area contributed by atoms with Crippen molar-refractivity contribution in [3.05, 3.63) is 12.3 Å². The summed E-state index contributed by atoms with van der Waals surface area (Å²) >= 11 is 0. The molecule has 1 aliphatic heterocycles. The molecule has 0 aromatic carbocycles. The van der Waals surface area contributed by atoms with Gasteiger partial charge < -0.3 is 18.6 Å². The predicted molar refractivity (Wildman–Crippen MR) is 82.3 cm³/mol. The molecule has 0 aromatic rings. The summed E-state index contributed by atoms with van der Waals surface area (Å²) in [5.74, 6) is 0.225. The SMILES string of the molecule is C=C[Si](OCC)(OCC)OCC.O=C1CCCCCN1. The van der Waals surface area contributed by atoms with Crippen molar-refractivity contribution in [2.45, 2.75) is 46.5 Å². The smallest absolute Gasteiger partial charge is 0.371 e. The van der Waals surface area contributed by atoms with Crippen molar-refractivity contribution in [3.63, 3.8) is 0 Å². The quantitative estimate of drug-likeness (QED) is 0.734. The van der Waals surface area contributed by atoms with Gasteiger partial charge in [-0.3, -0.25) is 4.79 Å². The standard InChI is InChI=1S/C8H18O3Si.C6H11NO/c1-5-9-12(8-4,10-6-2)11-7-3;8-6-4-2-1-3-5-7-6/h8H,4-7H2,1-3H3;1-5H2,(H,7,8). The molecule has 0 aliphatic carbocycles. The summed E-state index contributed by atoms with van der Waals surface area (Å²) in [4.78, 5) is 10.6. The molecule has 5 nitrogen and oxygen atoms in total. The molecule has 0 radical (unpaired) electrons. The third-order valence-electron chi connectivity index (χ3n) is 2.69. The van der Waals surface area contributed by atoms with Crippen molar-refractivity contribution < 1.29 is 18.1 Å². The van der Waals surface area contributed by atoms with Gasteiger partial charge in [-0.25, -0.2) is 0 Å². The Morgan fingerprint density at radius 3 is 2.10 bits per heavy atom. The zero-order valence-electron chi connectivity index (χ0n) is 13.1. The van der Waals surface area contributed by atoms with Crippen molar-refractivity contribution in [3.8, 4) is 0 Å². The van der Waals surface area contributed by atoms with E-state index in [1.54, 1.807) is 5.70 Å². The van der Waals surface area contributed by atoms with Crippen molar-refractivity contribution in [2.75, 3.05) is 26.4 Å². The highest BCUT2D eigenvalue weighted by atomic mass is 28.4. The molecule has 6 heteroatoms. The zero-order valence-corrected chi connectivity index (χ0v) is 14.1. The normalized spacial score (nSPS) is 15.7. The summed E-state index contributed by atoms with van der Waals surface area (Å²) in [5, 5.41) is 2.81. The molecule has 0 unspecified atom stereocenters. The second-order valence-corrected chi connectivity index (χ2v) is 6.75. The fourth-order valence-corrected chi connectivity index (χ4v) is 3.62. The molecule has 1 aliphatic rings. The third kappa shape index (κ3) is 8.47. The molecule has 0 atom stereocenters. The molecule has 0 saturated carbocycles. The van der Waals surface area contributed by atoms with Crippen molar-refractivity contribution in [1.82, 2.24) is 5.32 Å². The largest absolute Gasteiger partial charge is 0.528 e. The van der Waals surface area contributed by atoms with Crippen LogP contribution in [0.2, 0.25) is 0 Å². The van der Waals surface area contributed by atoms with Gasteiger partial charge in [0, 0.05) is 32.8 Å². The molecule has 1 fully saturated rings. The average molecular weight is 303 g/mol. The molecule has 0 bridgehead atoms. The Kier molecular flexibility index (Phi) is 11.7. The Morgan fingerprint density at radius 2 is 1.65 bits per heavy atom. The molecule has 20 heavy (non-hydrogen) atoms. The van der Waals surface area contributed by atoms with Crippen LogP contribution in [0.4, 0.5) is 0 Å². The molecule has 1 heterocycles. The van der Waals surface area contributed by atoms with Gasteiger partial charge in [-0.2, -0.15) is 0 Å². The van der Waals surface area contributed by atoms with E-state index < -0.39 is 8.80 Å². The number of amides is 1. The third-order valence-corrected chi connectivity index (χ3v) is 5.26. The molecular weight excluding hydrogens is 274 g/mol. The lowest BCUT2D eigenvalue weighted by Crippen LogP contribution is -2.44. The average Bonchev–Trinajstić information content (AvgIpc) is 2.68. The first-order chi connectivity index (χ1) is 9.64. The van der Waals surface area contributed by atoms with Gasteiger partial charge in [0.15, 0.2) is 0 Å². The summed E-state index contributed by atoms with van der Waals surface area (Å²) in [6.45, 7) is 12.1. The number of hydrogen-bond donors (Lipinski definition) is 1. The first kappa shape index (κ1) is 19.3. The highest BCUT2D eigenvalue weighted by Gasteiger charge is 2.36. The van der Waals surface area contributed by atoms with Gasteiger partial charge in [0.1, 0.15) is 0 Å². The van der Waals surface area contributed by atoms with E-state index in [9.17, 15) is 4.79 Å². The lowest BCUT2D eigenvalue weighted by atomic mass is 10.2. The van der Waals surface area contributed by atoms with Gasteiger partial charge in [-0.15, -0.1) is 0 Å². The van der Waals surface area contributed by atoms with Gasteiger partial charge >= 0.3 is 8.80 Å². The fraction of sp³-hybridized carbons (Fsp3) is 0.786. The predicted octanol–water partition coefficient (Wildman–Crippen LogP) is 2.44. The molecule has 1 saturated heterocycles. The summed E-state index contributed by atoms with van der Waals surface area (Å²) < 4.78 is 16.3. The van der Waals surface area contributed by atoms with E-state index in [-0.39, 0.29) is 5.91 Å². The van der Waals surface area contributed by atoms with E-state index in [2.05, 4.69) is 11.9 Å². The van der Waals surface area contributed by atoms with E-state index in [0.29, 0.717) is 19.8 Å². The summed E-state index contributed by atoms with van der Waals surface area (Å²) in [6, 6.07) is 0. The molecule has 1 N–H and O–H groups in total. The topological polar surface area (TPSA) is 56.8 Å². The van der Waals surface area contributed by atoms with Crippen LogP contribution in [-0.4, -0.2) is 41.1 Å². The van der Waals surface area contributed by atoms with Crippen LogP contribution in [0.25, 0.3) is 0 Å². The van der Waals surface area contributed by atoms with Gasteiger partial charge in [-0.05, 0) is 39.3 Å². The minimum absolute atomic E-state index is 0.225. The van der Waals surface area contributed by atoms with E-state index >= 15 is 0 Å². The Labute approximate surface area is 124 Å². The van der Waals surface area contributed by atoms with E-state index in [0.717, 1.165) is 25.8 Å². The second-order valence-electron chi connectivity index (χ2n) is 4.27. The van der Waals surface area contributed by atoms with Crippen LogP contribution < -0.4 is 5.32 Å². The second kappa shape index (κ2) is 12.1. The minimum atomic E-state index is -2.51. The van der Waals surface area contributed by atoms with Crippen LogP contribution >= 0.6 is 0 Å². The Morgan fingerprint density at radius 1 is 1.10 bits per heavy atom. The first-order valence-electron chi connectivity index (χ1n) is 7.46. The van der Waals surface area contributed by atoms with Crippen molar-refractivity contribution in [2.24, 2.45) is 0 Å². The minimum Gasteiger partial charge on any atom is -0.371 e. The van der Waals surface area contributed by atoms with E-state index in [4.69, 9.17) is 13.3 Å². The zero-order chi connectivity index (χ0) is 15.3. The van der Waals surface area contributed by atoms with E-state index in [1.165, 1.54) is 6.42 Å². The Bertz CT molecular complexity index is 247. The van der Waals surface area contributed by atoms with Gasteiger partial charge in [0.2, 0.25) is 5.91 Å². The molecule has 1 amide bonds. The van der Waals surface area contributed by atoms with Gasteiger partial charge in [-0.1, -0.05) is 13.0 Å². The van der Waals surface area contributed by atoms with Gasteiger partial charge in [0.25, 0.3) is 0 Å². The van der Waals surface area contributed by atoms with Crippen LogP contribution in [-0.2, 0) is 18.1 Å². The monoisotopic (exact) mass is 303 g/mol. The van der Waals surface area contributed by atoms with Crippen LogP contribution in [0, 0.1) is 0 Å². The number of rotatable bonds is 7. The lowest BCUT2D eigenvalue weighted by Gasteiger charge is -2.24. The maximum atomic E-state index is 10.6. The van der Waals surface area contributed by atoms with Crippen LogP contribution in [0.1, 0.15) is 46.5 Å². The lowest BCUT2D eigenvalue weighted by molar-refractivity contribution is -0.120. The van der Waals surface area contributed by atoms with Crippen LogP contribution in [0.3, 0.4) is 0 Å². The number of hydrogen-bond acceptors (Lipinski definition) is 4. The van der Waals surface area contributed by atoms with E-state index in [1.807, 2.05) is 20.8 Å². The van der Waals surface area contributed by atoms with Gasteiger partial charge in [0.05, 0.1) is 0 Å². The van der Waals surface area contributed by atoms with Crippen molar-refractivity contribution in [1.29, 1.82) is 0 Å². The maximum absolute atomic E-state index is 10.6. The molecular formula is C14H29NO4Si. The summed E-state index contributed by atoms with van der Waals surface area (Å²) in [6.07, 6.45) is 4.18. The van der Waals surface area contributed by atoms with Crippen LogP contribution in [0.15, 0.2) is 12.3 Å². The Balaban J connectivity index is 0.000000388. The van der Waals surface area contributed by atoms with Crippen LogP contribution in [0.5, 0.6) is 0 Å². The molecule has 0 aromatic heterocycles. The number of carbonyl (C=O) groups is 1. The molecule has 1 rings (SSSR count). The molecule has 118 valence electrons. The number of nitrogens with one attached hydrogen (secondary N) is 1. The fourth-order valence-electron chi connectivity index (χ4n) is 1.81. The summed E-state index contributed by atoms with van der Waals surface area (Å²) in [7, 11) is -2.51. The molecule has 0 spiro atoms. The first-order valence-corrected chi connectivity index (χ1v) is 9.26. The number of carbonyl (C=O) groups excluding carboxylic acids is 1. The Hall–Kier alpha value is -0.693. The van der Waals surface area contributed by atoms with Crippen molar-refractivity contribution >= 4 is 14.7 Å².